The monoisotopic (exact) mass is 787 g/mol. The lowest BCUT2D eigenvalue weighted by atomic mass is 10.0. The van der Waals surface area contributed by atoms with E-state index in [0.29, 0.717) is 24.4 Å². The lowest BCUT2D eigenvalue weighted by molar-refractivity contribution is -0.147. The lowest BCUT2D eigenvalue weighted by Crippen LogP contribution is -2.45. The number of hydrogen-bond donors (Lipinski definition) is 0. The molecule has 0 spiro atoms. The van der Waals surface area contributed by atoms with E-state index in [1.807, 2.05) is 27.7 Å². The number of Topliss-reactive ketones (excluding diaryl/α,β-unsaturated/α-hetero) is 2. The van der Waals surface area contributed by atoms with Crippen molar-refractivity contribution in [2.75, 3.05) is 6.61 Å². The van der Waals surface area contributed by atoms with Crippen LogP contribution in [-0.2, 0) is 28.0 Å². The Labute approximate surface area is 321 Å². The first-order chi connectivity index (χ1) is 22.8. The summed E-state index contributed by atoms with van der Waals surface area (Å²) in [5.74, 6) is 0.639. The van der Waals surface area contributed by atoms with Crippen LogP contribution in [0.15, 0.2) is 12.2 Å². The first kappa shape index (κ1) is 52.4. The molecule has 0 amide bonds. The Hall–Kier alpha value is -0.662. The van der Waals surface area contributed by atoms with Crippen LogP contribution in [-0.4, -0.2) is 68.1 Å². The van der Waals surface area contributed by atoms with Crippen molar-refractivity contribution >= 4 is 50.3 Å². The number of rotatable bonds is 26. The molecule has 0 saturated heterocycles. The molecule has 0 saturated carbocycles. The Bertz CT molecular complexity index is 1050. The number of ether oxygens (including phenoxy) is 1. The van der Waals surface area contributed by atoms with E-state index in [1.54, 1.807) is 6.92 Å². The van der Waals surface area contributed by atoms with Crippen LogP contribution in [0, 0.1) is 11.8 Å². The Kier molecular flexibility index (Phi) is 24.0. The zero-order chi connectivity index (χ0) is 40.5. The van der Waals surface area contributed by atoms with Crippen LogP contribution in [0.3, 0.4) is 0 Å². The average Bonchev–Trinajstić information content (AvgIpc) is 2.89. The molecular weight excluding hydrogens is 701 g/mol. The van der Waals surface area contributed by atoms with Crippen molar-refractivity contribution in [1.29, 1.82) is 0 Å². The molecule has 51 heavy (non-hydrogen) atoms. The van der Waals surface area contributed by atoms with E-state index < -0.39 is 32.8 Å². The van der Waals surface area contributed by atoms with Gasteiger partial charge in [0.25, 0.3) is 0 Å². The van der Waals surface area contributed by atoms with E-state index in [1.165, 1.54) is 24.6 Å². The van der Waals surface area contributed by atoms with Crippen molar-refractivity contribution in [3.05, 3.63) is 12.2 Å². The number of allylic oxidation sites excluding steroid dienone is 1. The molecule has 0 aliphatic carbocycles. The largest absolute Gasteiger partial charge is 0.465 e. The van der Waals surface area contributed by atoms with Crippen LogP contribution in [0.5, 0.6) is 0 Å². The number of carbonyl (C=O) groups is 3. The molecule has 10 heteroatoms. The second-order valence-corrected chi connectivity index (χ2v) is 39.3. The fourth-order valence-corrected chi connectivity index (χ4v) is 19.8. The Morgan fingerprint density at radius 1 is 0.608 bits per heavy atom. The van der Waals surface area contributed by atoms with Gasteiger partial charge in [-0.15, -0.1) is 0 Å². The number of unbranched alkanes of at least 4 members (excludes halogenated alkanes) is 3. The van der Waals surface area contributed by atoms with Crippen LogP contribution in [0.2, 0.25) is 89.1 Å². The third kappa shape index (κ3) is 30.4. The van der Waals surface area contributed by atoms with E-state index >= 15 is 0 Å². The summed E-state index contributed by atoms with van der Waals surface area (Å²) in [5.41, 5.74) is 0.572. The minimum atomic E-state index is -1.78. The number of ketones is 2. The molecule has 0 aliphatic heterocycles. The normalized spacial score (nSPS) is 13.3. The zero-order valence-corrected chi connectivity index (χ0v) is 41.2. The van der Waals surface area contributed by atoms with Gasteiger partial charge in [0, 0.05) is 30.0 Å². The Morgan fingerprint density at radius 3 is 1.45 bits per heavy atom. The van der Waals surface area contributed by atoms with E-state index in [2.05, 4.69) is 93.2 Å². The van der Waals surface area contributed by atoms with Crippen molar-refractivity contribution < 1.29 is 28.0 Å². The fourth-order valence-electron chi connectivity index (χ4n) is 7.47. The third-order valence-electron chi connectivity index (χ3n) is 8.99. The molecule has 0 fully saturated rings. The zero-order valence-electron chi connectivity index (χ0n) is 37.2. The first-order valence-corrected chi connectivity index (χ1v) is 33.4. The summed E-state index contributed by atoms with van der Waals surface area (Å²) < 4.78 is 18.3. The molecule has 302 valence electrons. The summed E-state index contributed by atoms with van der Waals surface area (Å²) in [4.78, 5) is 34.9. The average molecular weight is 787 g/mol. The molecule has 0 N–H and O–H groups in total. The van der Waals surface area contributed by atoms with Crippen LogP contribution in [0.4, 0.5) is 0 Å². The third-order valence-corrected chi connectivity index (χ3v) is 19.8. The van der Waals surface area contributed by atoms with Gasteiger partial charge in [-0.2, -0.15) is 0 Å². The van der Waals surface area contributed by atoms with Gasteiger partial charge in [0.1, 0.15) is 5.78 Å². The van der Waals surface area contributed by atoms with Crippen LogP contribution in [0.1, 0.15) is 114 Å². The second-order valence-electron chi connectivity index (χ2n) is 20.3. The molecule has 0 aromatic rings. The molecular formula is C41H86O6Si4. The van der Waals surface area contributed by atoms with Gasteiger partial charge in [0.05, 0.1) is 28.7 Å². The standard InChI is InChI=1S/C24H48O4Si2.C17H38O2Si2/c1-20(2)22(25)15-11-13-17-29(7,8)19-24(5,6)28-30(9,10)18-14-12-16-27-23(26)21(3)4;1-15(2)16(18)12-10-11-13-21(8,9)14-17(3,4)19-20(5,6)7/h21H,1,11-19H2,2-10H3;15H,10-14H2,1-9H3. The topological polar surface area (TPSA) is 78.9 Å². The fraction of sp³-hybridized carbons (Fsp3) is 0.878. The highest BCUT2D eigenvalue weighted by Gasteiger charge is 2.36. The lowest BCUT2D eigenvalue weighted by Gasteiger charge is -2.40. The van der Waals surface area contributed by atoms with Gasteiger partial charge in [-0.3, -0.25) is 14.4 Å². The van der Waals surface area contributed by atoms with Gasteiger partial charge in [-0.05, 0) is 110 Å². The van der Waals surface area contributed by atoms with Gasteiger partial charge in [-0.25, -0.2) is 0 Å². The van der Waals surface area contributed by atoms with Gasteiger partial charge >= 0.3 is 5.97 Å². The van der Waals surface area contributed by atoms with E-state index in [-0.39, 0.29) is 34.8 Å². The highest BCUT2D eigenvalue weighted by molar-refractivity contribution is 6.78. The summed E-state index contributed by atoms with van der Waals surface area (Å²) in [6.07, 6.45) is 7.67. The molecule has 0 rings (SSSR count). The maximum absolute atomic E-state index is 11.7. The molecule has 0 bridgehead atoms. The van der Waals surface area contributed by atoms with Gasteiger partial charge in [0.2, 0.25) is 0 Å². The summed E-state index contributed by atoms with van der Waals surface area (Å²) in [5, 5.41) is 0. The predicted octanol–water partition coefficient (Wildman–Crippen LogP) is 12.7. The van der Waals surface area contributed by atoms with Crippen molar-refractivity contribution in [1.82, 2.24) is 0 Å². The van der Waals surface area contributed by atoms with Crippen LogP contribution >= 0.6 is 0 Å². The molecule has 0 heterocycles. The van der Waals surface area contributed by atoms with E-state index in [4.69, 9.17) is 13.6 Å². The molecule has 0 aromatic carbocycles. The molecule has 0 unspecified atom stereocenters. The Balaban J connectivity index is 0. The first-order valence-electron chi connectivity index (χ1n) is 20.1. The summed E-state index contributed by atoms with van der Waals surface area (Å²) >= 11 is 0. The number of esters is 1. The minimum absolute atomic E-state index is 0.00788. The molecule has 0 aliphatic rings. The van der Waals surface area contributed by atoms with Crippen LogP contribution in [0.25, 0.3) is 0 Å². The van der Waals surface area contributed by atoms with Crippen molar-refractivity contribution in [2.45, 2.75) is 214 Å². The van der Waals surface area contributed by atoms with E-state index in [0.717, 1.165) is 50.6 Å². The highest BCUT2D eigenvalue weighted by Crippen LogP contribution is 2.33. The predicted molar refractivity (Wildman–Crippen MR) is 233 cm³/mol. The molecule has 0 aromatic heterocycles. The number of hydrogen-bond acceptors (Lipinski definition) is 6. The maximum Gasteiger partial charge on any atom is 0.308 e. The summed E-state index contributed by atoms with van der Waals surface area (Å²) in [6, 6.07) is 5.96. The quantitative estimate of drug-likeness (QED) is 0.0376. The maximum atomic E-state index is 11.7. The summed E-state index contributed by atoms with van der Waals surface area (Å²) in [7, 11) is -5.91. The molecule has 0 atom stereocenters. The van der Waals surface area contributed by atoms with Crippen LogP contribution < -0.4 is 0 Å². The van der Waals surface area contributed by atoms with Crippen molar-refractivity contribution in [2.24, 2.45) is 11.8 Å². The van der Waals surface area contributed by atoms with Gasteiger partial charge in [-0.1, -0.05) is 91.8 Å². The highest BCUT2D eigenvalue weighted by atomic mass is 28.4. The van der Waals surface area contributed by atoms with Crippen molar-refractivity contribution in [3.8, 4) is 0 Å². The molecule has 0 radical (unpaired) electrons. The van der Waals surface area contributed by atoms with Gasteiger partial charge in [0.15, 0.2) is 22.4 Å². The smallest absolute Gasteiger partial charge is 0.308 e. The van der Waals surface area contributed by atoms with Gasteiger partial charge < -0.3 is 13.6 Å². The van der Waals surface area contributed by atoms with Crippen molar-refractivity contribution in [3.63, 3.8) is 0 Å². The molecule has 6 nitrogen and oxygen atoms in total. The van der Waals surface area contributed by atoms with E-state index in [9.17, 15) is 14.4 Å². The second kappa shape index (κ2) is 23.3. The SMILES string of the molecule is C=C(C)C(=O)CCCC[Si](C)(C)CC(C)(C)O[Si](C)(C)CCCCOC(=O)C(C)C.CC(C)C(=O)CCCC[Si](C)(C)CC(C)(C)O[Si](C)(C)C. The Morgan fingerprint density at radius 2 is 1.04 bits per heavy atom. The summed E-state index contributed by atoms with van der Waals surface area (Å²) in [6.45, 7) is 44.0. The minimum Gasteiger partial charge on any atom is -0.465 e. The number of carbonyl (C=O) groups excluding carboxylic acids is 3.